The zero-order valence-electron chi connectivity index (χ0n) is 16.5. The molecule has 3 aromatic rings. The zero-order chi connectivity index (χ0) is 20.9. The van der Waals surface area contributed by atoms with E-state index in [1.165, 1.54) is 11.3 Å². The average Bonchev–Trinajstić information content (AvgIpc) is 3.46. The van der Waals surface area contributed by atoms with Crippen molar-refractivity contribution in [3.05, 3.63) is 87.1 Å². The molecule has 1 aromatic heterocycles. The number of carbonyl (C=O) groups is 1. The Balaban J connectivity index is 1.48. The number of methoxy groups -OCH3 is 1. The topological polar surface area (TPSA) is 51.1 Å². The van der Waals surface area contributed by atoms with Crippen molar-refractivity contribution in [3.63, 3.8) is 0 Å². The fourth-order valence-corrected chi connectivity index (χ4v) is 4.17. The lowest BCUT2D eigenvalue weighted by atomic mass is 10.0. The molecule has 0 saturated carbocycles. The molecular formula is C23H21ClN2O3S. The lowest BCUT2D eigenvalue weighted by molar-refractivity contribution is 0.0408. The summed E-state index contributed by atoms with van der Waals surface area (Å²) in [5, 5.41) is 6.83. The number of thiophene rings is 1. The molecule has 1 atom stereocenters. The molecule has 7 heteroatoms. The van der Waals surface area contributed by atoms with Crippen LogP contribution in [-0.2, 0) is 11.4 Å². The third-order valence-electron chi connectivity index (χ3n) is 4.86. The summed E-state index contributed by atoms with van der Waals surface area (Å²) in [5.41, 5.74) is 2.84. The summed E-state index contributed by atoms with van der Waals surface area (Å²) in [7, 11) is 1.63. The Morgan fingerprint density at radius 2 is 2.07 bits per heavy atom. The van der Waals surface area contributed by atoms with Crippen LogP contribution in [0.4, 0.5) is 0 Å². The Bertz CT molecular complexity index is 1030. The van der Waals surface area contributed by atoms with Crippen LogP contribution in [0, 0.1) is 0 Å². The third-order valence-corrected chi connectivity index (χ3v) is 5.97. The van der Waals surface area contributed by atoms with Crippen LogP contribution < -0.4 is 4.74 Å². The molecule has 0 fully saturated rings. The lowest BCUT2D eigenvalue weighted by Crippen LogP contribution is -2.37. The minimum absolute atomic E-state index is 0.0173. The Labute approximate surface area is 184 Å². The standard InChI is InChI=1S/C23H21ClN2O3S/c1-28-19-5-2-4-16(12-19)14-26(23(27)22-6-3-11-30-22)15-20-13-21(25-29-20)17-7-9-18(24)10-8-17/h2-12,20H,13-15H2,1H3. The van der Waals surface area contributed by atoms with E-state index in [9.17, 15) is 4.79 Å². The van der Waals surface area contributed by atoms with Crippen molar-refractivity contribution in [1.82, 2.24) is 4.90 Å². The number of rotatable bonds is 7. The van der Waals surface area contributed by atoms with Crippen LogP contribution in [0.15, 0.2) is 71.2 Å². The summed E-state index contributed by atoms with van der Waals surface area (Å²) in [5.74, 6) is 0.748. The van der Waals surface area contributed by atoms with Crippen molar-refractivity contribution < 1.29 is 14.4 Å². The summed E-state index contributed by atoms with van der Waals surface area (Å²) < 4.78 is 5.32. The quantitative estimate of drug-likeness (QED) is 0.504. The maximum Gasteiger partial charge on any atom is 0.264 e. The molecular weight excluding hydrogens is 420 g/mol. The van der Waals surface area contributed by atoms with Crippen LogP contribution in [0.3, 0.4) is 0 Å². The Hall–Kier alpha value is -2.83. The molecule has 30 heavy (non-hydrogen) atoms. The zero-order valence-corrected chi connectivity index (χ0v) is 18.0. The molecule has 0 N–H and O–H groups in total. The highest BCUT2D eigenvalue weighted by atomic mass is 35.5. The van der Waals surface area contributed by atoms with Gasteiger partial charge in [0.2, 0.25) is 0 Å². The van der Waals surface area contributed by atoms with Gasteiger partial charge in [-0.3, -0.25) is 4.79 Å². The number of amides is 1. The van der Waals surface area contributed by atoms with E-state index in [1.54, 1.807) is 7.11 Å². The number of hydrogen-bond acceptors (Lipinski definition) is 5. The van der Waals surface area contributed by atoms with Crippen LogP contribution in [0.25, 0.3) is 0 Å². The normalized spacial score (nSPS) is 15.4. The first kappa shape index (κ1) is 20.4. The summed E-state index contributed by atoms with van der Waals surface area (Å²) in [6, 6.07) is 19.0. The van der Waals surface area contributed by atoms with Crippen molar-refractivity contribution in [2.24, 2.45) is 5.16 Å². The Morgan fingerprint density at radius 3 is 2.80 bits per heavy atom. The van der Waals surface area contributed by atoms with Gasteiger partial charge in [-0.1, -0.05) is 47.1 Å². The number of hydrogen-bond donors (Lipinski definition) is 0. The average molecular weight is 441 g/mol. The first-order valence-electron chi connectivity index (χ1n) is 9.56. The van der Waals surface area contributed by atoms with E-state index in [1.807, 2.05) is 70.9 Å². The summed E-state index contributed by atoms with van der Waals surface area (Å²) in [6.45, 7) is 0.901. The van der Waals surface area contributed by atoms with Crippen molar-refractivity contribution in [2.45, 2.75) is 19.1 Å². The highest BCUT2D eigenvalue weighted by Crippen LogP contribution is 2.23. The lowest BCUT2D eigenvalue weighted by Gasteiger charge is -2.24. The van der Waals surface area contributed by atoms with E-state index in [0.717, 1.165) is 22.6 Å². The maximum atomic E-state index is 13.1. The molecule has 0 radical (unpaired) electrons. The number of halogens is 1. The van der Waals surface area contributed by atoms with Crippen LogP contribution in [0.2, 0.25) is 5.02 Å². The highest BCUT2D eigenvalue weighted by molar-refractivity contribution is 7.12. The van der Waals surface area contributed by atoms with E-state index in [-0.39, 0.29) is 12.0 Å². The van der Waals surface area contributed by atoms with Gasteiger partial charge in [0.1, 0.15) is 5.75 Å². The largest absolute Gasteiger partial charge is 0.497 e. The predicted octanol–water partition coefficient (Wildman–Crippen LogP) is 5.25. The van der Waals surface area contributed by atoms with Crippen LogP contribution in [-0.4, -0.2) is 36.3 Å². The summed E-state index contributed by atoms with van der Waals surface area (Å²) >= 11 is 7.41. The van der Waals surface area contributed by atoms with E-state index < -0.39 is 0 Å². The van der Waals surface area contributed by atoms with Crippen molar-refractivity contribution in [1.29, 1.82) is 0 Å². The number of nitrogens with zero attached hydrogens (tertiary/aromatic N) is 2. The van der Waals surface area contributed by atoms with Gasteiger partial charge in [-0.05, 0) is 46.8 Å². The van der Waals surface area contributed by atoms with Gasteiger partial charge in [-0.15, -0.1) is 11.3 Å². The van der Waals surface area contributed by atoms with Gasteiger partial charge >= 0.3 is 0 Å². The molecule has 0 aliphatic carbocycles. The van der Waals surface area contributed by atoms with Gasteiger partial charge in [0.05, 0.1) is 24.2 Å². The smallest absolute Gasteiger partial charge is 0.264 e. The monoisotopic (exact) mass is 440 g/mol. The third kappa shape index (κ3) is 4.83. The fourth-order valence-electron chi connectivity index (χ4n) is 3.35. The molecule has 1 amide bonds. The van der Waals surface area contributed by atoms with Crippen molar-refractivity contribution >= 4 is 34.6 Å². The molecule has 5 nitrogen and oxygen atoms in total. The molecule has 0 saturated heterocycles. The van der Waals surface area contributed by atoms with Crippen LogP contribution in [0.5, 0.6) is 5.75 Å². The molecule has 2 aromatic carbocycles. The molecule has 154 valence electrons. The summed E-state index contributed by atoms with van der Waals surface area (Å²) in [4.78, 5) is 21.3. The molecule has 0 spiro atoms. The Kier molecular flexibility index (Phi) is 6.35. The second kappa shape index (κ2) is 9.32. The molecule has 1 unspecified atom stereocenters. The minimum atomic E-state index is -0.204. The SMILES string of the molecule is COc1cccc(CN(CC2CC(c3ccc(Cl)cc3)=NO2)C(=O)c2cccs2)c1. The number of carbonyl (C=O) groups excluding carboxylic acids is 1. The number of oxime groups is 1. The minimum Gasteiger partial charge on any atom is -0.497 e. The molecule has 2 heterocycles. The van der Waals surface area contributed by atoms with Gasteiger partial charge in [0, 0.05) is 18.0 Å². The molecule has 4 rings (SSSR count). The number of ether oxygens (including phenoxy) is 1. The van der Waals surface area contributed by atoms with Crippen LogP contribution >= 0.6 is 22.9 Å². The molecule has 1 aliphatic rings. The fraction of sp³-hybridized carbons (Fsp3) is 0.217. The van der Waals surface area contributed by atoms with Gasteiger partial charge < -0.3 is 14.5 Å². The number of benzene rings is 2. The van der Waals surface area contributed by atoms with Gasteiger partial charge in [-0.25, -0.2) is 0 Å². The van der Waals surface area contributed by atoms with Crippen LogP contribution in [0.1, 0.15) is 27.2 Å². The second-order valence-corrected chi connectivity index (χ2v) is 8.38. The van der Waals surface area contributed by atoms with E-state index in [0.29, 0.717) is 29.4 Å². The summed E-state index contributed by atoms with van der Waals surface area (Å²) in [6.07, 6.45) is 0.429. The van der Waals surface area contributed by atoms with Gasteiger partial charge in [0.25, 0.3) is 5.91 Å². The van der Waals surface area contributed by atoms with E-state index in [2.05, 4.69) is 5.16 Å². The van der Waals surface area contributed by atoms with Gasteiger partial charge in [0.15, 0.2) is 6.10 Å². The van der Waals surface area contributed by atoms with Crippen molar-refractivity contribution in [2.75, 3.05) is 13.7 Å². The van der Waals surface area contributed by atoms with Gasteiger partial charge in [-0.2, -0.15) is 0 Å². The predicted molar refractivity (Wildman–Crippen MR) is 120 cm³/mol. The Morgan fingerprint density at radius 1 is 1.23 bits per heavy atom. The first-order chi connectivity index (χ1) is 14.6. The second-order valence-electron chi connectivity index (χ2n) is 6.99. The van der Waals surface area contributed by atoms with E-state index in [4.69, 9.17) is 21.2 Å². The van der Waals surface area contributed by atoms with E-state index >= 15 is 0 Å². The molecule has 1 aliphatic heterocycles. The first-order valence-corrected chi connectivity index (χ1v) is 10.8. The van der Waals surface area contributed by atoms with Crippen molar-refractivity contribution in [3.8, 4) is 5.75 Å². The maximum absolute atomic E-state index is 13.1. The molecule has 0 bridgehead atoms. The highest BCUT2D eigenvalue weighted by Gasteiger charge is 2.27.